The van der Waals surface area contributed by atoms with Crippen molar-refractivity contribution in [3.8, 4) is 22.9 Å². The van der Waals surface area contributed by atoms with Crippen LogP contribution in [0.4, 0.5) is 0 Å². The minimum absolute atomic E-state index is 0.181. The lowest BCUT2D eigenvalue weighted by atomic mass is 10.1. The van der Waals surface area contributed by atoms with E-state index in [-0.39, 0.29) is 5.56 Å². The van der Waals surface area contributed by atoms with Crippen LogP contribution in [-0.2, 0) is 0 Å². The van der Waals surface area contributed by atoms with Crippen molar-refractivity contribution in [1.29, 1.82) is 0 Å². The molecule has 2 aromatic heterocycles. The van der Waals surface area contributed by atoms with Crippen molar-refractivity contribution in [2.24, 2.45) is 5.92 Å². The van der Waals surface area contributed by atoms with E-state index in [4.69, 9.17) is 9.47 Å². The minimum Gasteiger partial charge on any atom is -0.493 e. The van der Waals surface area contributed by atoms with E-state index in [1.165, 1.54) is 15.9 Å². The quantitative estimate of drug-likeness (QED) is 0.475. The summed E-state index contributed by atoms with van der Waals surface area (Å²) in [6.07, 6.45) is 1.82. The highest BCUT2D eigenvalue weighted by molar-refractivity contribution is 7.15. The number of benzene rings is 2. The maximum atomic E-state index is 12.8. The molecule has 7 heteroatoms. The number of rotatable bonds is 6. The second-order valence-corrected chi connectivity index (χ2v) is 8.54. The van der Waals surface area contributed by atoms with Crippen molar-refractivity contribution in [2.45, 2.75) is 20.8 Å². The summed E-state index contributed by atoms with van der Waals surface area (Å²) in [6.45, 7) is 6.83. The smallest absolute Gasteiger partial charge is 0.291 e. The highest BCUT2D eigenvalue weighted by atomic mass is 32.1. The Balaban J connectivity index is 1.67. The number of aryl methyl sites for hydroxylation is 1. The molecule has 0 bridgehead atoms. The zero-order valence-electron chi connectivity index (χ0n) is 17.4. The summed E-state index contributed by atoms with van der Waals surface area (Å²) in [5.74, 6) is 2.30. The summed E-state index contributed by atoms with van der Waals surface area (Å²) in [6, 6.07) is 13.6. The molecule has 4 rings (SSSR count). The normalized spacial score (nSPS) is 12.1. The van der Waals surface area contributed by atoms with E-state index in [0.717, 1.165) is 16.7 Å². The van der Waals surface area contributed by atoms with Gasteiger partial charge in [0.05, 0.1) is 18.2 Å². The van der Waals surface area contributed by atoms with E-state index in [2.05, 4.69) is 23.9 Å². The van der Waals surface area contributed by atoms with E-state index in [1.807, 2.05) is 55.5 Å². The van der Waals surface area contributed by atoms with Gasteiger partial charge < -0.3 is 9.47 Å². The highest BCUT2D eigenvalue weighted by Gasteiger charge is 2.12. The van der Waals surface area contributed by atoms with Crippen molar-refractivity contribution in [3.63, 3.8) is 0 Å². The van der Waals surface area contributed by atoms with Crippen molar-refractivity contribution < 1.29 is 9.47 Å². The van der Waals surface area contributed by atoms with Gasteiger partial charge in [0, 0.05) is 5.56 Å². The molecule has 0 N–H and O–H groups in total. The third kappa shape index (κ3) is 4.07. The monoisotopic (exact) mass is 421 g/mol. The van der Waals surface area contributed by atoms with Crippen LogP contribution in [0.15, 0.2) is 47.3 Å². The third-order valence-corrected chi connectivity index (χ3v) is 5.51. The largest absolute Gasteiger partial charge is 0.493 e. The Morgan fingerprint density at radius 2 is 1.90 bits per heavy atom. The Kier molecular flexibility index (Phi) is 5.55. The number of hydrogen-bond acceptors (Lipinski definition) is 6. The second-order valence-electron chi connectivity index (χ2n) is 7.53. The molecule has 4 aromatic rings. The zero-order chi connectivity index (χ0) is 21.3. The summed E-state index contributed by atoms with van der Waals surface area (Å²) in [5.41, 5.74) is 2.73. The molecule has 0 aliphatic rings. The summed E-state index contributed by atoms with van der Waals surface area (Å²) >= 11 is 1.32. The first-order valence-corrected chi connectivity index (χ1v) is 10.6. The lowest BCUT2D eigenvalue weighted by molar-refractivity contribution is 0.257. The van der Waals surface area contributed by atoms with Crippen LogP contribution in [0.2, 0.25) is 0 Å². The summed E-state index contributed by atoms with van der Waals surface area (Å²) in [4.78, 5) is 17.9. The molecule has 0 aliphatic heterocycles. The fourth-order valence-corrected chi connectivity index (χ4v) is 3.87. The predicted molar refractivity (Wildman–Crippen MR) is 119 cm³/mol. The molecule has 0 atom stereocenters. The van der Waals surface area contributed by atoms with E-state index in [0.29, 0.717) is 39.3 Å². The van der Waals surface area contributed by atoms with E-state index >= 15 is 0 Å². The van der Waals surface area contributed by atoms with Gasteiger partial charge >= 0.3 is 0 Å². The van der Waals surface area contributed by atoms with Gasteiger partial charge in [-0.05, 0) is 36.6 Å². The first kappa shape index (κ1) is 20.1. The third-order valence-electron chi connectivity index (χ3n) is 4.55. The van der Waals surface area contributed by atoms with Crippen molar-refractivity contribution in [3.05, 3.63) is 68.5 Å². The fraction of sp³-hybridized carbons (Fsp3) is 0.261. The van der Waals surface area contributed by atoms with Gasteiger partial charge in [-0.15, -0.1) is 5.10 Å². The predicted octanol–water partition coefficient (Wildman–Crippen LogP) is 3.72. The SMILES string of the molecule is COc1cc(/C=c2\sc3nc(-c4ccc(C)cc4)nn3c2=O)ccc1OCC(C)C. The van der Waals surface area contributed by atoms with Crippen LogP contribution in [0.3, 0.4) is 0 Å². The van der Waals surface area contributed by atoms with Crippen LogP contribution in [0.1, 0.15) is 25.0 Å². The van der Waals surface area contributed by atoms with Gasteiger partial charge in [-0.2, -0.15) is 9.50 Å². The topological polar surface area (TPSA) is 65.7 Å². The zero-order valence-corrected chi connectivity index (χ0v) is 18.2. The van der Waals surface area contributed by atoms with Crippen LogP contribution in [0.5, 0.6) is 11.5 Å². The van der Waals surface area contributed by atoms with Gasteiger partial charge in [-0.3, -0.25) is 4.79 Å². The molecule has 0 unspecified atom stereocenters. The first-order valence-electron chi connectivity index (χ1n) is 9.74. The van der Waals surface area contributed by atoms with Crippen molar-refractivity contribution in [2.75, 3.05) is 13.7 Å². The van der Waals surface area contributed by atoms with Gasteiger partial charge in [0.25, 0.3) is 5.56 Å². The molecule has 0 radical (unpaired) electrons. The molecule has 2 heterocycles. The molecule has 0 saturated carbocycles. The average Bonchev–Trinajstić information content (AvgIpc) is 3.27. The molecule has 0 saturated heterocycles. The van der Waals surface area contributed by atoms with Crippen LogP contribution in [0, 0.1) is 12.8 Å². The van der Waals surface area contributed by atoms with Gasteiger partial charge in [0.1, 0.15) is 0 Å². The Hall–Kier alpha value is -3.19. The molecule has 154 valence electrons. The van der Waals surface area contributed by atoms with Gasteiger partial charge in [0.15, 0.2) is 17.3 Å². The number of nitrogens with zero attached hydrogens (tertiary/aromatic N) is 3. The number of hydrogen-bond donors (Lipinski definition) is 0. The van der Waals surface area contributed by atoms with Crippen LogP contribution in [-0.4, -0.2) is 28.3 Å². The summed E-state index contributed by atoms with van der Waals surface area (Å²) in [7, 11) is 1.61. The number of methoxy groups -OCH3 is 1. The molecule has 0 spiro atoms. The van der Waals surface area contributed by atoms with E-state index < -0.39 is 0 Å². The van der Waals surface area contributed by atoms with Gasteiger partial charge in [-0.25, -0.2) is 0 Å². The lowest BCUT2D eigenvalue weighted by Crippen LogP contribution is -2.23. The Morgan fingerprint density at radius 1 is 1.13 bits per heavy atom. The Labute approximate surface area is 178 Å². The lowest BCUT2D eigenvalue weighted by Gasteiger charge is -2.12. The minimum atomic E-state index is -0.181. The highest BCUT2D eigenvalue weighted by Crippen LogP contribution is 2.28. The summed E-state index contributed by atoms with van der Waals surface area (Å²) < 4.78 is 13.2. The second kappa shape index (κ2) is 8.28. The maximum Gasteiger partial charge on any atom is 0.291 e. The van der Waals surface area contributed by atoms with Crippen molar-refractivity contribution in [1.82, 2.24) is 14.6 Å². The number of ether oxygens (including phenoxy) is 2. The van der Waals surface area contributed by atoms with Crippen LogP contribution >= 0.6 is 11.3 Å². The molecular weight excluding hydrogens is 398 g/mol. The first-order chi connectivity index (χ1) is 14.4. The fourth-order valence-electron chi connectivity index (χ4n) is 2.96. The van der Waals surface area contributed by atoms with Crippen molar-refractivity contribution >= 4 is 22.4 Å². The van der Waals surface area contributed by atoms with E-state index in [9.17, 15) is 4.79 Å². The standard InChI is InChI=1S/C23H23N3O3S/c1-14(2)13-29-18-10-7-16(11-19(18)28-4)12-20-22(27)26-23(30-20)24-21(25-26)17-8-5-15(3)6-9-17/h5-12,14H,13H2,1-4H3/b20-12-. The molecule has 0 fully saturated rings. The Morgan fingerprint density at radius 3 is 2.57 bits per heavy atom. The van der Waals surface area contributed by atoms with E-state index in [1.54, 1.807) is 7.11 Å². The molecular formula is C23H23N3O3S. The number of thiazole rings is 1. The molecule has 30 heavy (non-hydrogen) atoms. The molecule has 0 aliphatic carbocycles. The number of aromatic nitrogens is 3. The van der Waals surface area contributed by atoms with Gasteiger partial charge in [0.2, 0.25) is 4.96 Å². The molecule has 0 amide bonds. The molecule has 2 aromatic carbocycles. The number of fused-ring (bicyclic) bond motifs is 1. The van der Waals surface area contributed by atoms with Crippen LogP contribution < -0.4 is 19.6 Å². The maximum absolute atomic E-state index is 12.8. The molecule has 6 nitrogen and oxygen atoms in total. The Bertz CT molecular complexity index is 1290. The average molecular weight is 422 g/mol. The van der Waals surface area contributed by atoms with Crippen LogP contribution in [0.25, 0.3) is 22.4 Å². The van der Waals surface area contributed by atoms with Gasteiger partial charge in [-0.1, -0.05) is 61.1 Å². The summed E-state index contributed by atoms with van der Waals surface area (Å²) in [5, 5.41) is 4.40.